The van der Waals surface area contributed by atoms with Crippen LogP contribution in [-0.2, 0) is 4.79 Å². The van der Waals surface area contributed by atoms with E-state index in [-0.39, 0.29) is 36.6 Å². The number of piperazine rings is 1. The Balaban J connectivity index is 1.42. The summed E-state index contributed by atoms with van der Waals surface area (Å²) in [6.45, 7) is 3.51. The third-order valence-electron chi connectivity index (χ3n) is 8.54. The van der Waals surface area contributed by atoms with Crippen molar-refractivity contribution in [2.75, 3.05) is 44.7 Å². The van der Waals surface area contributed by atoms with Gasteiger partial charge in [-0.2, -0.15) is 15.2 Å². The van der Waals surface area contributed by atoms with Gasteiger partial charge in [-0.25, -0.2) is 13.8 Å². The molecule has 9 nitrogen and oxygen atoms in total. The fourth-order valence-electron chi connectivity index (χ4n) is 6.16. The zero-order chi connectivity index (χ0) is 31.0. The summed E-state index contributed by atoms with van der Waals surface area (Å²) in [6, 6.07) is 14.3. The molecule has 6 rings (SSSR count). The van der Waals surface area contributed by atoms with Crippen molar-refractivity contribution in [1.29, 1.82) is 5.26 Å². The molecule has 0 radical (unpaired) electrons. The number of aromatic nitrogens is 3. The Hall–Kier alpha value is -4.14. The van der Waals surface area contributed by atoms with Crippen LogP contribution in [0.25, 0.3) is 33.1 Å². The number of alkyl halides is 1. The summed E-state index contributed by atoms with van der Waals surface area (Å²) in [7, 11) is 2.06. The summed E-state index contributed by atoms with van der Waals surface area (Å²) in [5.74, 6) is -0.593. The number of anilines is 1. The summed E-state index contributed by atoms with van der Waals surface area (Å²) in [6.07, 6.45) is 0.496. The fraction of sp³-hybridized carbons (Fsp3) is 0.406. The van der Waals surface area contributed by atoms with Crippen LogP contribution in [0.5, 0.6) is 6.01 Å². The number of nitrogens with zero attached hydrogens (tertiary/aromatic N) is 7. The maximum Gasteiger partial charge on any atom is 0.320 e. The van der Waals surface area contributed by atoms with Gasteiger partial charge in [-0.1, -0.05) is 35.9 Å². The normalized spacial score (nSPS) is 19.8. The van der Waals surface area contributed by atoms with Gasteiger partial charge in [0.15, 0.2) is 11.8 Å². The van der Waals surface area contributed by atoms with Crippen molar-refractivity contribution < 1.29 is 18.3 Å². The molecule has 4 aromatic rings. The second kappa shape index (κ2) is 12.5. The Morgan fingerprint density at radius 3 is 2.73 bits per heavy atom. The van der Waals surface area contributed by atoms with Crippen LogP contribution in [-0.4, -0.2) is 88.7 Å². The smallest absolute Gasteiger partial charge is 0.320 e. The van der Waals surface area contributed by atoms with E-state index in [2.05, 4.69) is 23.0 Å². The Kier molecular flexibility index (Phi) is 8.47. The van der Waals surface area contributed by atoms with Gasteiger partial charge in [-0.05, 0) is 56.9 Å². The van der Waals surface area contributed by atoms with Crippen molar-refractivity contribution in [2.24, 2.45) is 0 Å². The highest BCUT2D eigenvalue weighted by Crippen LogP contribution is 2.36. The SMILES string of the molecule is C[C@H](F)C(=O)N1CCN(c2nc(OC[C@@H]3CCCN3C)nc3nc(-c4cccc5ccc(F)c(Cl)c45)ccc23)C[C@@H]1CC#N. The van der Waals surface area contributed by atoms with E-state index in [1.54, 1.807) is 6.07 Å². The zero-order valence-corrected chi connectivity index (χ0v) is 25.3. The summed E-state index contributed by atoms with van der Waals surface area (Å²) in [4.78, 5) is 32.6. The van der Waals surface area contributed by atoms with Gasteiger partial charge in [0.2, 0.25) is 0 Å². The van der Waals surface area contributed by atoms with E-state index in [0.717, 1.165) is 24.8 Å². The molecular weight excluding hydrogens is 588 g/mol. The van der Waals surface area contributed by atoms with Crippen molar-refractivity contribution in [1.82, 2.24) is 24.8 Å². The molecule has 0 bridgehead atoms. The molecular formula is C32H32ClF2N7O2. The maximum absolute atomic E-state index is 14.5. The number of hydrogen-bond acceptors (Lipinski definition) is 8. The number of nitriles is 1. The predicted octanol–water partition coefficient (Wildman–Crippen LogP) is 5.40. The van der Waals surface area contributed by atoms with E-state index in [9.17, 15) is 18.8 Å². The average Bonchev–Trinajstić information content (AvgIpc) is 3.44. The third kappa shape index (κ3) is 5.72. The van der Waals surface area contributed by atoms with Crippen LogP contribution in [0.1, 0.15) is 26.2 Å². The Morgan fingerprint density at radius 2 is 1.98 bits per heavy atom. The van der Waals surface area contributed by atoms with Gasteiger partial charge in [-0.3, -0.25) is 4.79 Å². The first-order chi connectivity index (χ1) is 21.2. The molecule has 0 saturated carbocycles. The lowest BCUT2D eigenvalue weighted by Crippen LogP contribution is -2.56. The number of halogens is 3. The highest BCUT2D eigenvalue weighted by atomic mass is 35.5. The van der Waals surface area contributed by atoms with Gasteiger partial charge in [0.25, 0.3) is 5.91 Å². The van der Waals surface area contributed by atoms with Crippen molar-refractivity contribution >= 4 is 45.1 Å². The minimum atomic E-state index is -1.66. The molecule has 2 aromatic carbocycles. The molecule has 2 aliphatic heterocycles. The van der Waals surface area contributed by atoms with Crippen LogP contribution < -0.4 is 9.64 Å². The molecule has 4 heterocycles. The predicted molar refractivity (Wildman–Crippen MR) is 165 cm³/mol. The molecule has 2 fully saturated rings. The zero-order valence-electron chi connectivity index (χ0n) is 24.5. The number of carbonyl (C=O) groups excluding carboxylic acids is 1. The highest BCUT2D eigenvalue weighted by Gasteiger charge is 2.34. The third-order valence-corrected chi connectivity index (χ3v) is 8.91. The number of ether oxygens (including phenoxy) is 1. The quantitative estimate of drug-likeness (QED) is 0.271. The lowest BCUT2D eigenvalue weighted by molar-refractivity contribution is -0.138. The van der Waals surface area contributed by atoms with Crippen LogP contribution in [0.2, 0.25) is 5.02 Å². The molecule has 12 heteroatoms. The number of carbonyl (C=O) groups is 1. The molecule has 2 saturated heterocycles. The summed E-state index contributed by atoms with van der Waals surface area (Å²) < 4.78 is 34.6. The fourth-order valence-corrected chi connectivity index (χ4v) is 6.43. The Labute approximate surface area is 259 Å². The van der Waals surface area contributed by atoms with Crippen molar-refractivity contribution in [3.63, 3.8) is 0 Å². The number of fused-ring (bicyclic) bond motifs is 2. The minimum Gasteiger partial charge on any atom is -0.462 e. The molecule has 2 aliphatic rings. The monoisotopic (exact) mass is 619 g/mol. The van der Waals surface area contributed by atoms with Crippen molar-refractivity contribution in [2.45, 2.75) is 44.4 Å². The molecule has 0 spiro atoms. The first kappa shape index (κ1) is 29.9. The van der Waals surface area contributed by atoms with Crippen LogP contribution in [0.4, 0.5) is 14.6 Å². The van der Waals surface area contributed by atoms with E-state index in [4.69, 9.17) is 26.3 Å². The highest BCUT2D eigenvalue weighted by molar-refractivity contribution is 6.36. The molecule has 3 atom stereocenters. The molecule has 0 unspecified atom stereocenters. The first-order valence-corrected chi connectivity index (χ1v) is 15.1. The van der Waals surface area contributed by atoms with E-state index in [1.165, 1.54) is 17.9 Å². The number of amides is 1. The lowest BCUT2D eigenvalue weighted by Gasteiger charge is -2.41. The van der Waals surface area contributed by atoms with E-state index in [1.807, 2.05) is 35.2 Å². The van der Waals surface area contributed by atoms with Gasteiger partial charge in [0, 0.05) is 36.6 Å². The molecule has 1 amide bonds. The Bertz CT molecular complexity index is 1760. The van der Waals surface area contributed by atoms with Crippen LogP contribution >= 0.6 is 11.6 Å². The molecule has 44 heavy (non-hydrogen) atoms. The molecule has 228 valence electrons. The van der Waals surface area contributed by atoms with Gasteiger partial charge in [0.05, 0.1) is 34.6 Å². The van der Waals surface area contributed by atoms with E-state index < -0.39 is 23.9 Å². The molecule has 0 N–H and O–H groups in total. The van der Waals surface area contributed by atoms with Crippen molar-refractivity contribution in [3.8, 4) is 23.3 Å². The molecule has 0 aliphatic carbocycles. The standard InChI is InChI=1S/C32H32ClF2N7O2/c1-19(34)31(43)42-16-15-41(17-21(42)12-13-36)30-24-9-11-26(23-7-3-5-20-8-10-25(35)28(33)27(20)23)37-29(24)38-32(39-30)44-18-22-6-4-14-40(22)2/h3,5,7-11,19,21-22H,4,6,12,14-18H2,1-2H3/t19-,21-,22-/m0/s1. The van der Waals surface area contributed by atoms with E-state index in [0.29, 0.717) is 46.6 Å². The average molecular weight is 620 g/mol. The second-order valence-electron chi connectivity index (χ2n) is 11.4. The second-order valence-corrected chi connectivity index (χ2v) is 11.7. The van der Waals surface area contributed by atoms with Crippen LogP contribution in [0, 0.1) is 17.1 Å². The van der Waals surface area contributed by atoms with Gasteiger partial charge in [0.1, 0.15) is 18.2 Å². The van der Waals surface area contributed by atoms with Gasteiger partial charge < -0.3 is 19.4 Å². The number of rotatable bonds is 7. The number of likely N-dealkylation sites (N-methyl/N-ethyl adjacent to an activating group) is 1. The van der Waals surface area contributed by atoms with Gasteiger partial charge in [-0.15, -0.1) is 0 Å². The van der Waals surface area contributed by atoms with Crippen LogP contribution in [0.3, 0.4) is 0 Å². The number of benzene rings is 2. The van der Waals surface area contributed by atoms with Gasteiger partial charge >= 0.3 is 6.01 Å². The first-order valence-electron chi connectivity index (χ1n) is 14.7. The van der Waals surface area contributed by atoms with E-state index >= 15 is 0 Å². The minimum absolute atomic E-state index is 0.0200. The number of likely N-dealkylation sites (tertiary alicyclic amines) is 1. The molecule has 2 aromatic heterocycles. The summed E-state index contributed by atoms with van der Waals surface area (Å²) in [5, 5.41) is 11.5. The lowest BCUT2D eigenvalue weighted by atomic mass is 10.0. The van der Waals surface area contributed by atoms with Crippen LogP contribution in [0.15, 0.2) is 42.5 Å². The summed E-state index contributed by atoms with van der Waals surface area (Å²) in [5.41, 5.74) is 1.58. The topological polar surface area (TPSA) is 98.5 Å². The van der Waals surface area contributed by atoms with Crippen molar-refractivity contribution in [3.05, 3.63) is 53.3 Å². The summed E-state index contributed by atoms with van der Waals surface area (Å²) >= 11 is 6.43. The Morgan fingerprint density at radius 1 is 1.14 bits per heavy atom. The number of hydrogen-bond donors (Lipinski definition) is 0. The number of pyridine rings is 1. The largest absolute Gasteiger partial charge is 0.462 e. The maximum atomic E-state index is 14.5.